The lowest BCUT2D eigenvalue weighted by molar-refractivity contribution is 0.102. The molecule has 2 aromatic rings. The predicted octanol–water partition coefficient (Wildman–Crippen LogP) is 5.69. The van der Waals surface area contributed by atoms with E-state index in [2.05, 4.69) is 19.2 Å². The molecule has 4 nitrogen and oxygen atoms in total. The Bertz CT molecular complexity index is 650. The van der Waals surface area contributed by atoms with E-state index < -0.39 is 0 Å². The average Bonchev–Trinajstić information content (AvgIpc) is 2.67. The first kappa shape index (κ1) is 19.8. The van der Waals surface area contributed by atoms with Crippen LogP contribution in [0.4, 0.5) is 5.69 Å². The lowest BCUT2D eigenvalue weighted by atomic mass is 10.2. The van der Waals surface area contributed by atoms with E-state index in [0.717, 1.165) is 43.1 Å². The molecule has 0 unspecified atom stereocenters. The Morgan fingerprint density at radius 1 is 0.769 bits per heavy atom. The number of rotatable bonds is 11. The van der Waals surface area contributed by atoms with Gasteiger partial charge in [-0.1, -0.05) is 33.1 Å². The van der Waals surface area contributed by atoms with Crippen molar-refractivity contribution in [2.24, 2.45) is 0 Å². The fourth-order valence-electron chi connectivity index (χ4n) is 2.42. The lowest BCUT2D eigenvalue weighted by Crippen LogP contribution is -2.11. The highest BCUT2D eigenvalue weighted by atomic mass is 16.5. The molecule has 2 rings (SSSR count). The molecule has 0 heterocycles. The molecule has 0 radical (unpaired) electrons. The maximum atomic E-state index is 12.3. The van der Waals surface area contributed by atoms with Crippen LogP contribution in [0.2, 0.25) is 0 Å². The standard InChI is InChI=1S/C22H29NO3/c1-3-5-7-17-26-21-14-10-19(11-15-21)23-22(24)18-8-12-20(13-9-18)25-16-6-4-2/h8-15H,3-7,16-17H2,1-2H3,(H,23,24). The molecule has 0 atom stereocenters. The summed E-state index contributed by atoms with van der Waals surface area (Å²) >= 11 is 0. The van der Waals surface area contributed by atoms with Crippen LogP contribution in [0.25, 0.3) is 0 Å². The molecule has 1 N–H and O–H groups in total. The Balaban J connectivity index is 1.83. The van der Waals surface area contributed by atoms with Gasteiger partial charge in [-0.05, 0) is 61.4 Å². The molecule has 0 aliphatic rings. The molecule has 0 bridgehead atoms. The van der Waals surface area contributed by atoms with Gasteiger partial charge >= 0.3 is 0 Å². The second-order valence-corrected chi connectivity index (χ2v) is 6.26. The van der Waals surface area contributed by atoms with Crippen LogP contribution in [0.15, 0.2) is 48.5 Å². The van der Waals surface area contributed by atoms with E-state index in [1.54, 1.807) is 12.1 Å². The zero-order chi connectivity index (χ0) is 18.6. The number of hydrogen-bond acceptors (Lipinski definition) is 3. The van der Waals surface area contributed by atoms with Crippen molar-refractivity contribution in [1.82, 2.24) is 0 Å². The molecule has 0 aliphatic carbocycles. The number of ether oxygens (including phenoxy) is 2. The molecular formula is C22H29NO3. The Morgan fingerprint density at radius 3 is 1.88 bits per heavy atom. The summed E-state index contributed by atoms with van der Waals surface area (Å²) < 4.78 is 11.3. The van der Waals surface area contributed by atoms with Crippen molar-refractivity contribution in [2.75, 3.05) is 18.5 Å². The van der Waals surface area contributed by atoms with E-state index >= 15 is 0 Å². The normalized spacial score (nSPS) is 10.4. The zero-order valence-electron chi connectivity index (χ0n) is 15.8. The van der Waals surface area contributed by atoms with Crippen LogP contribution < -0.4 is 14.8 Å². The molecule has 0 saturated heterocycles. The van der Waals surface area contributed by atoms with Gasteiger partial charge in [-0.2, -0.15) is 0 Å². The van der Waals surface area contributed by atoms with Gasteiger partial charge < -0.3 is 14.8 Å². The Kier molecular flexibility index (Phi) is 8.53. The first-order chi connectivity index (χ1) is 12.7. The van der Waals surface area contributed by atoms with Gasteiger partial charge in [-0.15, -0.1) is 0 Å². The number of carbonyl (C=O) groups excluding carboxylic acids is 1. The fraction of sp³-hybridized carbons (Fsp3) is 0.409. The van der Waals surface area contributed by atoms with E-state index in [1.165, 1.54) is 12.8 Å². The van der Waals surface area contributed by atoms with Crippen molar-refractivity contribution in [3.05, 3.63) is 54.1 Å². The van der Waals surface area contributed by atoms with Gasteiger partial charge in [-0.25, -0.2) is 0 Å². The first-order valence-corrected chi connectivity index (χ1v) is 9.50. The van der Waals surface area contributed by atoms with E-state index in [-0.39, 0.29) is 5.91 Å². The number of carbonyl (C=O) groups is 1. The molecule has 2 aromatic carbocycles. The topological polar surface area (TPSA) is 47.6 Å². The summed E-state index contributed by atoms with van der Waals surface area (Å²) in [5.74, 6) is 1.48. The number of amides is 1. The van der Waals surface area contributed by atoms with Crippen molar-refractivity contribution < 1.29 is 14.3 Å². The average molecular weight is 355 g/mol. The van der Waals surface area contributed by atoms with Gasteiger partial charge in [0.05, 0.1) is 13.2 Å². The number of benzene rings is 2. The number of anilines is 1. The van der Waals surface area contributed by atoms with Crippen LogP contribution in [-0.2, 0) is 0 Å². The lowest BCUT2D eigenvalue weighted by Gasteiger charge is -2.09. The van der Waals surface area contributed by atoms with Crippen LogP contribution in [0, 0.1) is 0 Å². The zero-order valence-corrected chi connectivity index (χ0v) is 15.8. The summed E-state index contributed by atoms with van der Waals surface area (Å²) in [5.41, 5.74) is 1.35. The SMILES string of the molecule is CCCCCOc1ccc(NC(=O)c2ccc(OCCCC)cc2)cc1. The maximum absolute atomic E-state index is 12.3. The molecule has 0 saturated carbocycles. The van der Waals surface area contributed by atoms with Crippen LogP contribution in [0.3, 0.4) is 0 Å². The van der Waals surface area contributed by atoms with Crippen LogP contribution in [-0.4, -0.2) is 19.1 Å². The summed E-state index contributed by atoms with van der Waals surface area (Å²) in [6, 6.07) is 14.7. The summed E-state index contributed by atoms with van der Waals surface area (Å²) in [6.45, 7) is 5.73. The largest absolute Gasteiger partial charge is 0.494 e. The summed E-state index contributed by atoms with van der Waals surface area (Å²) in [5, 5.41) is 2.90. The monoisotopic (exact) mass is 355 g/mol. The van der Waals surface area contributed by atoms with Crippen molar-refractivity contribution >= 4 is 11.6 Å². The van der Waals surface area contributed by atoms with Crippen LogP contribution >= 0.6 is 0 Å². The van der Waals surface area contributed by atoms with Gasteiger partial charge in [0.2, 0.25) is 0 Å². The molecule has 4 heteroatoms. The van der Waals surface area contributed by atoms with E-state index in [1.807, 2.05) is 36.4 Å². The minimum absolute atomic E-state index is 0.137. The quantitative estimate of drug-likeness (QED) is 0.527. The molecular weight excluding hydrogens is 326 g/mol. The molecule has 0 fully saturated rings. The Hall–Kier alpha value is -2.49. The second-order valence-electron chi connectivity index (χ2n) is 6.26. The number of unbranched alkanes of at least 4 members (excludes halogenated alkanes) is 3. The fourth-order valence-corrected chi connectivity index (χ4v) is 2.42. The highest BCUT2D eigenvalue weighted by Gasteiger charge is 2.06. The molecule has 140 valence electrons. The van der Waals surface area contributed by atoms with Gasteiger partial charge in [0, 0.05) is 11.3 Å². The minimum Gasteiger partial charge on any atom is -0.494 e. The molecule has 0 spiro atoms. The van der Waals surface area contributed by atoms with Crippen molar-refractivity contribution in [3.8, 4) is 11.5 Å². The highest BCUT2D eigenvalue weighted by molar-refractivity contribution is 6.04. The minimum atomic E-state index is -0.137. The Morgan fingerprint density at radius 2 is 1.31 bits per heavy atom. The third-order valence-corrected chi connectivity index (χ3v) is 4.01. The highest BCUT2D eigenvalue weighted by Crippen LogP contribution is 2.18. The number of hydrogen-bond donors (Lipinski definition) is 1. The summed E-state index contributed by atoms with van der Waals surface area (Å²) in [6.07, 6.45) is 5.55. The van der Waals surface area contributed by atoms with Gasteiger partial charge in [0.15, 0.2) is 0 Å². The van der Waals surface area contributed by atoms with E-state index in [4.69, 9.17) is 9.47 Å². The first-order valence-electron chi connectivity index (χ1n) is 9.50. The number of nitrogens with one attached hydrogen (secondary N) is 1. The summed E-state index contributed by atoms with van der Waals surface area (Å²) in [7, 11) is 0. The maximum Gasteiger partial charge on any atom is 0.255 e. The third-order valence-electron chi connectivity index (χ3n) is 4.01. The van der Waals surface area contributed by atoms with Crippen LogP contribution in [0.5, 0.6) is 11.5 Å². The van der Waals surface area contributed by atoms with Gasteiger partial charge in [-0.3, -0.25) is 4.79 Å². The molecule has 1 amide bonds. The van der Waals surface area contributed by atoms with Gasteiger partial charge in [0.25, 0.3) is 5.91 Å². The molecule has 26 heavy (non-hydrogen) atoms. The molecule has 0 aromatic heterocycles. The molecule has 0 aliphatic heterocycles. The van der Waals surface area contributed by atoms with E-state index in [0.29, 0.717) is 12.2 Å². The second kappa shape index (κ2) is 11.2. The third kappa shape index (κ3) is 6.79. The Labute approximate surface area is 156 Å². The summed E-state index contributed by atoms with van der Waals surface area (Å²) in [4.78, 5) is 12.3. The van der Waals surface area contributed by atoms with E-state index in [9.17, 15) is 4.79 Å². The van der Waals surface area contributed by atoms with Crippen molar-refractivity contribution in [3.63, 3.8) is 0 Å². The predicted molar refractivity (Wildman–Crippen MR) is 106 cm³/mol. The van der Waals surface area contributed by atoms with Crippen molar-refractivity contribution in [2.45, 2.75) is 46.0 Å². The van der Waals surface area contributed by atoms with Gasteiger partial charge in [0.1, 0.15) is 11.5 Å². The van der Waals surface area contributed by atoms with Crippen LogP contribution in [0.1, 0.15) is 56.3 Å². The smallest absolute Gasteiger partial charge is 0.255 e. The van der Waals surface area contributed by atoms with Crippen molar-refractivity contribution in [1.29, 1.82) is 0 Å².